The average Bonchev–Trinajstić information content (AvgIpc) is 3.17. The molecule has 0 radical (unpaired) electrons. The number of aryl methyl sites for hydroxylation is 1. The maximum Gasteiger partial charge on any atom is 0.255 e. The molecule has 2 N–H and O–H groups in total. The van der Waals surface area contributed by atoms with E-state index in [-0.39, 0.29) is 18.0 Å². The van der Waals surface area contributed by atoms with Gasteiger partial charge < -0.3 is 10.6 Å². The van der Waals surface area contributed by atoms with E-state index in [1.807, 2.05) is 33.0 Å². The predicted molar refractivity (Wildman–Crippen MR) is 129 cm³/mol. The zero-order valence-corrected chi connectivity index (χ0v) is 20.5. The van der Waals surface area contributed by atoms with Gasteiger partial charge in [0.25, 0.3) is 5.91 Å². The molecule has 0 saturated carbocycles. The van der Waals surface area contributed by atoms with Gasteiger partial charge in [-0.25, -0.2) is 22.2 Å². The fourth-order valence-electron chi connectivity index (χ4n) is 4.24. The van der Waals surface area contributed by atoms with Crippen LogP contribution >= 0.6 is 0 Å². The SMILES string of the molecule is Cc1cc(F)ncc1-c1cc2c(NC(C)C)c(C(=O)NC3CCN(S(C)(=O)=O)CC3)cnn2c1. The molecule has 1 aliphatic rings. The highest BCUT2D eigenvalue weighted by Crippen LogP contribution is 2.30. The van der Waals surface area contributed by atoms with E-state index in [0.717, 1.165) is 16.7 Å². The molecule has 182 valence electrons. The third kappa shape index (κ3) is 5.05. The lowest BCUT2D eigenvalue weighted by Crippen LogP contribution is -2.46. The standard InChI is InChI=1S/C23H29FN6O3S/c1-14(2)27-22-19(23(31)28-17-5-7-29(8-6-17)34(4,32)33)12-26-30-13-16(10-20(22)30)18-11-25-21(24)9-15(18)3/h9-14,17,27H,5-8H2,1-4H3,(H,28,31). The van der Waals surface area contributed by atoms with Gasteiger partial charge in [0, 0.05) is 48.7 Å². The molecule has 0 spiro atoms. The summed E-state index contributed by atoms with van der Waals surface area (Å²) in [5.41, 5.74) is 4.12. The molecule has 1 amide bonds. The predicted octanol–water partition coefficient (Wildman–Crippen LogP) is 2.82. The van der Waals surface area contributed by atoms with E-state index in [0.29, 0.717) is 42.7 Å². The Morgan fingerprint density at radius 3 is 2.53 bits per heavy atom. The number of carbonyl (C=O) groups excluding carboxylic acids is 1. The van der Waals surface area contributed by atoms with Gasteiger partial charge in [0.15, 0.2) is 0 Å². The molecule has 3 aromatic rings. The van der Waals surface area contributed by atoms with Crippen molar-refractivity contribution >= 4 is 27.1 Å². The number of anilines is 1. The number of hydrogen-bond acceptors (Lipinski definition) is 6. The summed E-state index contributed by atoms with van der Waals surface area (Å²) in [6, 6.07) is 3.22. The van der Waals surface area contributed by atoms with Crippen LogP contribution in [0.2, 0.25) is 0 Å². The fraction of sp³-hybridized carbons (Fsp3) is 0.435. The smallest absolute Gasteiger partial charge is 0.255 e. The zero-order valence-electron chi connectivity index (χ0n) is 19.7. The van der Waals surface area contributed by atoms with Crippen LogP contribution in [0.25, 0.3) is 16.6 Å². The van der Waals surface area contributed by atoms with Crippen LogP contribution in [-0.2, 0) is 10.0 Å². The van der Waals surface area contributed by atoms with Crippen molar-refractivity contribution in [1.29, 1.82) is 0 Å². The average molecular weight is 489 g/mol. The number of aromatic nitrogens is 3. The van der Waals surface area contributed by atoms with E-state index >= 15 is 0 Å². The number of nitrogens with one attached hydrogen (secondary N) is 2. The maximum atomic E-state index is 13.5. The quantitative estimate of drug-likeness (QED) is 0.517. The van der Waals surface area contributed by atoms with Crippen LogP contribution in [0.15, 0.2) is 30.7 Å². The third-order valence-electron chi connectivity index (χ3n) is 5.96. The van der Waals surface area contributed by atoms with Crippen molar-refractivity contribution in [2.75, 3.05) is 24.7 Å². The number of fused-ring (bicyclic) bond motifs is 1. The Morgan fingerprint density at radius 1 is 1.21 bits per heavy atom. The van der Waals surface area contributed by atoms with E-state index in [2.05, 4.69) is 20.7 Å². The van der Waals surface area contributed by atoms with E-state index in [1.54, 1.807) is 4.52 Å². The van der Waals surface area contributed by atoms with Gasteiger partial charge in [-0.05, 0) is 51.3 Å². The Balaban J connectivity index is 1.64. The molecule has 0 bridgehead atoms. The first-order valence-electron chi connectivity index (χ1n) is 11.2. The van der Waals surface area contributed by atoms with E-state index < -0.39 is 16.0 Å². The number of hydrogen-bond donors (Lipinski definition) is 2. The number of sulfonamides is 1. The molecule has 3 aromatic heterocycles. The maximum absolute atomic E-state index is 13.5. The van der Waals surface area contributed by atoms with Gasteiger partial charge in [-0.15, -0.1) is 0 Å². The molecule has 4 rings (SSSR count). The molecule has 1 fully saturated rings. The highest BCUT2D eigenvalue weighted by Gasteiger charge is 2.27. The molecule has 1 aliphatic heterocycles. The number of halogens is 1. The monoisotopic (exact) mass is 488 g/mol. The first-order chi connectivity index (χ1) is 16.0. The zero-order chi connectivity index (χ0) is 24.6. The summed E-state index contributed by atoms with van der Waals surface area (Å²) >= 11 is 0. The lowest BCUT2D eigenvalue weighted by molar-refractivity contribution is 0.0924. The fourth-order valence-corrected chi connectivity index (χ4v) is 5.11. The van der Waals surface area contributed by atoms with Crippen molar-refractivity contribution in [2.24, 2.45) is 0 Å². The molecule has 1 saturated heterocycles. The summed E-state index contributed by atoms with van der Waals surface area (Å²) < 4.78 is 40.1. The number of rotatable bonds is 6. The first kappa shape index (κ1) is 24.1. The van der Waals surface area contributed by atoms with Gasteiger partial charge in [-0.2, -0.15) is 9.49 Å². The number of piperidine rings is 1. The van der Waals surface area contributed by atoms with Gasteiger partial charge in [-0.1, -0.05) is 0 Å². The molecule has 0 aliphatic carbocycles. The number of pyridine rings is 1. The topological polar surface area (TPSA) is 109 Å². The molecule has 11 heteroatoms. The van der Waals surface area contributed by atoms with E-state index in [1.165, 1.54) is 29.0 Å². The van der Waals surface area contributed by atoms with Crippen LogP contribution in [0.5, 0.6) is 0 Å². The molecule has 0 atom stereocenters. The molecule has 0 aromatic carbocycles. The second-order valence-corrected chi connectivity index (χ2v) is 11.0. The third-order valence-corrected chi connectivity index (χ3v) is 7.26. The van der Waals surface area contributed by atoms with Crippen molar-refractivity contribution < 1.29 is 17.6 Å². The minimum absolute atomic E-state index is 0.0586. The van der Waals surface area contributed by atoms with Gasteiger partial charge in [0.1, 0.15) is 0 Å². The number of amides is 1. The second-order valence-electron chi connectivity index (χ2n) is 9.02. The normalized spacial score (nSPS) is 15.7. The summed E-state index contributed by atoms with van der Waals surface area (Å²) in [7, 11) is -3.23. The van der Waals surface area contributed by atoms with Crippen LogP contribution in [0, 0.1) is 12.9 Å². The van der Waals surface area contributed by atoms with Gasteiger partial charge in [-0.3, -0.25) is 4.79 Å². The minimum atomic E-state index is -3.23. The lowest BCUT2D eigenvalue weighted by Gasteiger charge is -2.30. The summed E-state index contributed by atoms with van der Waals surface area (Å²) in [5, 5.41) is 10.8. The van der Waals surface area contributed by atoms with Crippen molar-refractivity contribution in [1.82, 2.24) is 24.2 Å². The molecule has 9 nitrogen and oxygen atoms in total. The van der Waals surface area contributed by atoms with Crippen LogP contribution in [0.4, 0.5) is 10.1 Å². The number of carbonyl (C=O) groups is 1. The Labute approximate surface area is 198 Å². The lowest BCUT2D eigenvalue weighted by atomic mass is 10.1. The van der Waals surface area contributed by atoms with Crippen LogP contribution in [-0.4, -0.2) is 64.7 Å². The van der Waals surface area contributed by atoms with E-state index in [4.69, 9.17) is 0 Å². The summed E-state index contributed by atoms with van der Waals surface area (Å²) in [6.07, 6.45) is 7.14. The van der Waals surface area contributed by atoms with Crippen molar-refractivity contribution in [3.05, 3.63) is 47.8 Å². The minimum Gasteiger partial charge on any atom is -0.380 e. The Kier molecular flexibility index (Phi) is 6.59. The highest BCUT2D eigenvalue weighted by atomic mass is 32.2. The van der Waals surface area contributed by atoms with Crippen LogP contribution in [0.3, 0.4) is 0 Å². The second kappa shape index (κ2) is 9.30. The summed E-state index contributed by atoms with van der Waals surface area (Å²) in [6.45, 7) is 6.54. The largest absolute Gasteiger partial charge is 0.380 e. The van der Waals surface area contributed by atoms with Crippen LogP contribution < -0.4 is 10.6 Å². The van der Waals surface area contributed by atoms with Crippen molar-refractivity contribution in [2.45, 2.75) is 45.7 Å². The summed E-state index contributed by atoms with van der Waals surface area (Å²) in [5.74, 6) is -0.801. The molecular weight excluding hydrogens is 459 g/mol. The van der Waals surface area contributed by atoms with Gasteiger partial charge in [0.2, 0.25) is 16.0 Å². The number of nitrogens with zero attached hydrogens (tertiary/aromatic N) is 4. The van der Waals surface area contributed by atoms with Crippen molar-refractivity contribution in [3.8, 4) is 11.1 Å². The summed E-state index contributed by atoms with van der Waals surface area (Å²) in [4.78, 5) is 17.0. The van der Waals surface area contributed by atoms with Crippen molar-refractivity contribution in [3.63, 3.8) is 0 Å². The molecular formula is C23H29FN6O3S. The van der Waals surface area contributed by atoms with E-state index in [9.17, 15) is 17.6 Å². The van der Waals surface area contributed by atoms with Crippen LogP contribution in [0.1, 0.15) is 42.6 Å². The van der Waals surface area contributed by atoms with Gasteiger partial charge in [0.05, 0.1) is 29.2 Å². The molecule has 4 heterocycles. The Bertz CT molecular complexity index is 1330. The molecule has 34 heavy (non-hydrogen) atoms. The Hall–Kier alpha value is -3.05. The Morgan fingerprint density at radius 2 is 1.91 bits per heavy atom. The first-order valence-corrected chi connectivity index (χ1v) is 13.0. The molecule has 0 unspecified atom stereocenters. The highest BCUT2D eigenvalue weighted by molar-refractivity contribution is 7.88. The van der Waals surface area contributed by atoms with Gasteiger partial charge >= 0.3 is 0 Å².